The Kier molecular flexibility index (Phi) is 4.68. The fourth-order valence-electron chi connectivity index (χ4n) is 2.24. The lowest BCUT2D eigenvalue weighted by Crippen LogP contribution is -2.29. The third-order valence-electron chi connectivity index (χ3n) is 3.28. The Bertz CT molecular complexity index is 433. The fraction of sp³-hybridized carbons (Fsp3) is 0.500. The zero-order valence-electron chi connectivity index (χ0n) is 10.5. The quantitative estimate of drug-likeness (QED) is 0.807. The largest absolute Gasteiger partial charge is 0.311 e. The highest BCUT2D eigenvalue weighted by Gasteiger charge is 2.10. The van der Waals surface area contributed by atoms with Crippen LogP contribution in [0.4, 0.5) is 4.39 Å². The third-order valence-corrected chi connectivity index (χ3v) is 3.28. The van der Waals surface area contributed by atoms with E-state index < -0.39 is 5.82 Å². The molecule has 1 aromatic rings. The van der Waals surface area contributed by atoms with Gasteiger partial charge in [-0.05, 0) is 43.6 Å². The van der Waals surface area contributed by atoms with E-state index >= 15 is 0 Å². The molecule has 1 saturated heterocycles. The first kappa shape index (κ1) is 13.0. The second kappa shape index (κ2) is 6.48. The highest BCUT2D eigenvalue weighted by atomic mass is 19.1. The summed E-state index contributed by atoms with van der Waals surface area (Å²) < 4.78 is 13.1. The van der Waals surface area contributed by atoms with Crippen molar-refractivity contribution in [2.24, 2.45) is 0 Å². The summed E-state index contributed by atoms with van der Waals surface area (Å²) in [6.45, 7) is 5.09. The van der Waals surface area contributed by atoms with E-state index in [9.17, 15) is 4.39 Å². The molecule has 0 spiro atoms. The number of benzene rings is 1. The molecule has 1 heterocycles. The molecule has 0 aliphatic carbocycles. The van der Waals surface area contributed by atoms with Gasteiger partial charge in [0.05, 0.1) is 5.56 Å². The van der Waals surface area contributed by atoms with Crippen LogP contribution in [0.5, 0.6) is 0 Å². The van der Waals surface area contributed by atoms with E-state index in [4.69, 9.17) is 5.26 Å². The number of likely N-dealkylation sites (tertiary alicyclic amines) is 1. The summed E-state index contributed by atoms with van der Waals surface area (Å²) in [5.41, 5.74) is 1.07. The first-order valence-electron chi connectivity index (χ1n) is 6.41. The average Bonchev–Trinajstić information content (AvgIpc) is 2.89. The standard InChI is InChI=1S/C14H18FN3/c15-14-4-3-12(9-13(14)10-16)11-17-5-8-18-6-1-2-7-18/h3-4,9,17H,1-2,5-8,11H2. The minimum absolute atomic E-state index is 0.119. The first-order valence-corrected chi connectivity index (χ1v) is 6.41. The van der Waals surface area contributed by atoms with Crippen LogP contribution in [0.2, 0.25) is 0 Å². The molecule has 0 aromatic heterocycles. The van der Waals surface area contributed by atoms with Gasteiger partial charge in [-0.1, -0.05) is 6.07 Å². The molecule has 0 amide bonds. The molecule has 1 N–H and O–H groups in total. The minimum Gasteiger partial charge on any atom is -0.311 e. The summed E-state index contributed by atoms with van der Waals surface area (Å²) in [5, 5.41) is 12.1. The molecule has 2 rings (SSSR count). The molecule has 1 aromatic carbocycles. The number of hydrogen-bond donors (Lipinski definition) is 1. The molecule has 0 atom stereocenters. The lowest BCUT2D eigenvalue weighted by molar-refractivity contribution is 0.335. The average molecular weight is 247 g/mol. The normalized spacial score (nSPS) is 15.8. The number of hydrogen-bond acceptors (Lipinski definition) is 3. The summed E-state index contributed by atoms with van der Waals surface area (Å²) in [6, 6.07) is 6.55. The highest BCUT2D eigenvalue weighted by Crippen LogP contribution is 2.09. The Morgan fingerprint density at radius 3 is 2.83 bits per heavy atom. The molecule has 4 heteroatoms. The van der Waals surface area contributed by atoms with Crippen molar-refractivity contribution in [3.8, 4) is 6.07 Å². The molecule has 1 aliphatic heterocycles. The van der Waals surface area contributed by atoms with Crippen molar-refractivity contribution in [2.45, 2.75) is 19.4 Å². The topological polar surface area (TPSA) is 39.1 Å². The van der Waals surface area contributed by atoms with E-state index in [0.717, 1.165) is 18.7 Å². The Balaban J connectivity index is 1.74. The SMILES string of the molecule is N#Cc1cc(CNCCN2CCCC2)ccc1F. The van der Waals surface area contributed by atoms with Crippen molar-refractivity contribution in [2.75, 3.05) is 26.2 Å². The van der Waals surface area contributed by atoms with Crippen molar-refractivity contribution in [1.29, 1.82) is 5.26 Å². The molecule has 1 aliphatic rings. The Hall–Kier alpha value is -1.44. The number of rotatable bonds is 5. The van der Waals surface area contributed by atoms with Crippen LogP contribution in [0.15, 0.2) is 18.2 Å². The maximum atomic E-state index is 13.1. The van der Waals surface area contributed by atoms with Crippen molar-refractivity contribution in [1.82, 2.24) is 10.2 Å². The number of nitrogens with one attached hydrogen (secondary N) is 1. The lowest BCUT2D eigenvalue weighted by atomic mass is 10.1. The van der Waals surface area contributed by atoms with Crippen LogP contribution in [0, 0.1) is 17.1 Å². The predicted molar refractivity (Wildman–Crippen MR) is 68.5 cm³/mol. The maximum Gasteiger partial charge on any atom is 0.140 e. The van der Waals surface area contributed by atoms with E-state index in [0.29, 0.717) is 6.54 Å². The van der Waals surface area contributed by atoms with Gasteiger partial charge in [0.25, 0.3) is 0 Å². The molecule has 0 bridgehead atoms. The van der Waals surface area contributed by atoms with Gasteiger partial charge in [-0.25, -0.2) is 4.39 Å². The zero-order valence-corrected chi connectivity index (χ0v) is 10.5. The summed E-state index contributed by atoms with van der Waals surface area (Å²) in [4.78, 5) is 2.44. The van der Waals surface area contributed by atoms with Crippen LogP contribution in [-0.4, -0.2) is 31.1 Å². The second-order valence-electron chi connectivity index (χ2n) is 4.65. The summed E-state index contributed by atoms with van der Waals surface area (Å²) in [6.07, 6.45) is 2.62. The number of nitriles is 1. The molecule has 0 saturated carbocycles. The molecular formula is C14H18FN3. The van der Waals surface area contributed by atoms with Gasteiger partial charge in [-0.3, -0.25) is 0 Å². The van der Waals surface area contributed by atoms with Crippen molar-refractivity contribution >= 4 is 0 Å². The highest BCUT2D eigenvalue weighted by molar-refractivity contribution is 5.34. The molecule has 0 radical (unpaired) electrons. The van der Waals surface area contributed by atoms with E-state index in [2.05, 4.69) is 10.2 Å². The van der Waals surface area contributed by atoms with Gasteiger partial charge in [0.1, 0.15) is 11.9 Å². The summed E-state index contributed by atoms with van der Waals surface area (Å²) >= 11 is 0. The molecule has 0 unspecified atom stereocenters. The fourth-order valence-corrected chi connectivity index (χ4v) is 2.24. The van der Waals surface area contributed by atoms with Gasteiger partial charge < -0.3 is 10.2 Å². The third kappa shape index (κ3) is 3.52. The van der Waals surface area contributed by atoms with Crippen LogP contribution in [0.3, 0.4) is 0 Å². The van der Waals surface area contributed by atoms with E-state index in [1.807, 2.05) is 6.07 Å². The van der Waals surface area contributed by atoms with Crippen molar-refractivity contribution in [3.63, 3.8) is 0 Å². The Labute approximate surface area is 107 Å². The number of halogens is 1. The van der Waals surface area contributed by atoms with Gasteiger partial charge in [0.2, 0.25) is 0 Å². The molecule has 3 nitrogen and oxygen atoms in total. The minimum atomic E-state index is -0.446. The van der Waals surface area contributed by atoms with Gasteiger partial charge in [0.15, 0.2) is 0 Å². The smallest absolute Gasteiger partial charge is 0.140 e. The number of nitrogens with zero attached hydrogens (tertiary/aromatic N) is 2. The Morgan fingerprint density at radius 2 is 2.11 bits per heavy atom. The lowest BCUT2D eigenvalue weighted by Gasteiger charge is -2.14. The maximum absolute atomic E-state index is 13.1. The summed E-state index contributed by atoms with van der Waals surface area (Å²) in [7, 11) is 0. The van der Waals surface area contributed by atoms with Crippen LogP contribution in [0.25, 0.3) is 0 Å². The Morgan fingerprint density at radius 1 is 1.33 bits per heavy atom. The van der Waals surface area contributed by atoms with Crippen molar-refractivity contribution < 1.29 is 4.39 Å². The van der Waals surface area contributed by atoms with Gasteiger partial charge >= 0.3 is 0 Å². The van der Waals surface area contributed by atoms with E-state index in [1.54, 1.807) is 12.1 Å². The van der Waals surface area contributed by atoms with Crippen molar-refractivity contribution in [3.05, 3.63) is 35.1 Å². The molecular weight excluding hydrogens is 229 g/mol. The van der Waals surface area contributed by atoms with Crippen LogP contribution in [0.1, 0.15) is 24.0 Å². The zero-order chi connectivity index (χ0) is 12.8. The van der Waals surface area contributed by atoms with E-state index in [1.165, 1.54) is 32.0 Å². The molecule has 1 fully saturated rings. The summed E-state index contributed by atoms with van der Waals surface area (Å²) in [5.74, 6) is -0.446. The monoisotopic (exact) mass is 247 g/mol. The van der Waals surface area contributed by atoms with Crippen LogP contribution < -0.4 is 5.32 Å². The van der Waals surface area contributed by atoms with Crippen LogP contribution in [-0.2, 0) is 6.54 Å². The van der Waals surface area contributed by atoms with Gasteiger partial charge in [0, 0.05) is 19.6 Å². The van der Waals surface area contributed by atoms with Gasteiger partial charge in [-0.15, -0.1) is 0 Å². The van der Waals surface area contributed by atoms with Gasteiger partial charge in [-0.2, -0.15) is 5.26 Å². The van der Waals surface area contributed by atoms with Crippen LogP contribution >= 0.6 is 0 Å². The second-order valence-corrected chi connectivity index (χ2v) is 4.65. The predicted octanol–water partition coefficient (Wildman–Crippen LogP) is 1.88. The first-order chi connectivity index (χ1) is 8.79. The van der Waals surface area contributed by atoms with E-state index in [-0.39, 0.29) is 5.56 Å². The molecule has 18 heavy (non-hydrogen) atoms. The molecule has 96 valence electrons.